The Labute approximate surface area is 162 Å². The Bertz CT molecular complexity index is 727. The standard InChI is InChI=1S/C20H30N2O4S/c1-26-18-8-10-19(11-9-18)27(24,25)21-14-17-7-4-12-22(15-17)20(23)13-16-5-2-3-6-16/h8-11,16-17,21H,2-7,12-15H2,1H3/t17-/m0/s1. The molecule has 1 amide bonds. The first kappa shape index (κ1) is 20.1. The van der Waals surface area contributed by atoms with Crippen molar-refractivity contribution in [3.05, 3.63) is 24.3 Å². The van der Waals surface area contributed by atoms with Crippen molar-refractivity contribution in [1.82, 2.24) is 9.62 Å². The van der Waals surface area contributed by atoms with Gasteiger partial charge < -0.3 is 9.64 Å². The number of piperidine rings is 1. The van der Waals surface area contributed by atoms with Gasteiger partial charge >= 0.3 is 0 Å². The third-order valence-corrected chi connectivity index (χ3v) is 7.18. The SMILES string of the molecule is COc1ccc(S(=O)(=O)NC[C@@H]2CCCN(C(=O)CC3CCCC3)C2)cc1. The summed E-state index contributed by atoms with van der Waals surface area (Å²) in [6.07, 6.45) is 7.37. The Hall–Kier alpha value is -1.60. The van der Waals surface area contributed by atoms with Crippen molar-refractivity contribution >= 4 is 15.9 Å². The number of sulfonamides is 1. The van der Waals surface area contributed by atoms with E-state index in [4.69, 9.17) is 4.74 Å². The molecule has 1 saturated heterocycles. The molecule has 0 unspecified atom stereocenters. The summed E-state index contributed by atoms with van der Waals surface area (Å²) in [6.45, 7) is 1.81. The number of ether oxygens (including phenoxy) is 1. The van der Waals surface area contributed by atoms with E-state index >= 15 is 0 Å². The van der Waals surface area contributed by atoms with Gasteiger partial charge in [0.25, 0.3) is 0 Å². The molecule has 1 aromatic rings. The molecule has 7 heteroatoms. The summed E-state index contributed by atoms with van der Waals surface area (Å²) in [6, 6.07) is 6.36. The number of carbonyl (C=O) groups excluding carboxylic acids is 1. The van der Waals surface area contributed by atoms with Crippen molar-refractivity contribution in [2.24, 2.45) is 11.8 Å². The van der Waals surface area contributed by atoms with Crippen molar-refractivity contribution in [1.29, 1.82) is 0 Å². The van der Waals surface area contributed by atoms with Crippen molar-refractivity contribution < 1.29 is 17.9 Å². The van der Waals surface area contributed by atoms with Gasteiger partial charge in [-0.05, 0) is 61.8 Å². The molecule has 0 aromatic heterocycles. The summed E-state index contributed by atoms with van der Waals surface area (Å²) in [5.41, 5.74) is 0. The summed E-state index contributed by atoms with van der Waals surface area (Å²) in [7, 11) is -2.00. The van der Waals surface area contributed by atoms with E-state index in [1.807, 2.05) is 4.90 Å². The van der Waals surface area contributed by atoms with Gasteiger partial charge in [-0.15, -0.1) is 0 Å². The second-order valence-electron chi connectivity index (χ2n) is 7.73. The molecule has 1 N–H and O–H groups in total. The summed E-state index contributed by atoms with van der Waals surface area (Å²) in [4.78, 5) is 14.7. The van der Waals surface area contributed by atoms with E-state index in [0.717, 1.165) is 19.4 Å². The number of hydrogen-bond donors (Lipinski definition) is 1. The second kappa shape index (κ2) is 9.06. The van der Waals surface area contributed by atoms with Crippen LogP contribution in [0.25, 0.3) is 0 Å². The minimum absolute atomic E-state index is 0.166. The number of benzene rings is 1. The van der Waals surface area contributed by atoms with E-state index in [0.29, 0.717) is 31.2 Å². The lowest BCUT2D eigenvalue weighted by Gasteiger charge is -2.33. The van der Waals surface area contributed by atoms with E-state index in [2.05, 4.69) is 4.72 Å². The van der Waals surface area contributed by atoms with E-state index in [1.54, 1.807) is 31.4 Å². The molecule has 27 heavy (non-hydrogen) atoms. The third-order valence-electron chi connectivity index (χ3n) is 5.74. The first-order chi connectivity index (χ1) is 13.0. The van der Waals surface area contributed by atoms with E-state index in [-0.39, 0.29) is 16.7 Å². The molecule has 1 aliphatic carbocycles. The minimum atomic E-state index is -3.55. The number of likely N-dealkylation sites (tertiary alicyclic amines) is 1. The van der Waals surface area contributed by atoms with Crippen LogP contribution in [-0.2, 0) is 14.8 Å². The van der Waals surface area contributed by atoms with Crippen molar-refractivity contribution in [2.45, 2.75) is 49.8 Å². The predicted molar refractivity (Wildman–Crippen MR) is 104 cm³/mol. The van der Waals surface area contributed by atoms with Crippen molar-refractivity contribution in [3.8, 4) is 5.75 Å². The molecule has 1 aliphatic heterocycles. The number of rotatable bonds is 7. The third kappa shape index (κ3) is 5.45. The van der Waals surface area contributed by atoms with Crippen LogP contribution in [0.1, 0.15) is 44.9 Å². The summed E-state index contributed by atoms with van der Waals surface area (Å²) in [5.74, 6) is 1.58. The number of hydrogen-bond acceptors (Lipinski definition) is 4. The van der Waals surface area contributed by atoms with E-state index in [1.165, 1.54) is 25.7 Å². The Balaban J connectivity index is 1.51. The molecule has 0 radical (unpaired) electrons. The minimum Gasteiger partial charge on any atom is -0.497 e. The van der Waals surface area contributed by atoms with Gasteiger partial charge in [-0.1, -0.05) is 12.8 Å². The smallest absolute Gasteiger partial charge is 0.240 e. The average molecular weight is 395 g/mol. The molecule has 1 saturated carbocycles. The zero-order valence-electron chi connectivity index (χ0n) is 16.0. The van der Waals surface area contributed by atoms with Crippen LogP contribution in [0.3, 0.4) is 0 Å². The number of nitrogens with zero attached hydrogens (tertiary/aromatic N) is 1. The molecule has 0 spiro atoms. The van der Waals surface area contributed by atoms with Gasteiger partial charge in [-0.3, -0.25) is 4.79 Å². The maximum atomic E-state index is 12.6. The van der Waals surface area contributed by atoms with E-state index < -0.39 is 10.0 Å². The van der Waals surface area contributed by atoms with Gasteiger partial charge in [0.2, 0.25) is 15.9 Å². The van der Waals surface area contributed by atoms with Gasteiger partial charge in [0, 0.05) is 26.1 Å². The Morgan fingerprint density at radius 3 is 2.44 bits per heavy atom. The van der Waals surface area contributed by atoms with Crippen LogP contribution < -0.4 is 9.46 Å². The lowest BCUT2D eigenvalue weighted by Crippen LogP contribution is -2.44. The number of methoxy groups -OCH3 is 1. The van der Waals surface area contributed by atoms with Gasteiger partial charge in [0.05, 0.1) is 12.0 Å². The zero-order valence-corrected chi connectivity index (χ0v) is 16.8. The average Bonchev–Trinajstić information content (AvgIpc) is 3.20. The number of nitrogens with one attached hydrogen (secondary N) is 1. The molecule has 1 aromatic carbocycles. The second-order valence-corrected chi connectivity index (χ2v) is 9.50. The lowest BCUT2D eigenvalue weighted by molar-refractivity contribution is -0.133. The quantitative estimate of drug-likeness (QED) is 0.772. The molecule has 3 rings (SSSR count). The van der Waals surface area contributed by atoms with Crippen LogP contribution in [0, 0.1) is 11.8 Å². The summed E-state index contributed by atoms with van der Waals surface area (Å²) >= 11 is 0. The van der Waals surface area contributed by atoms with Crippen LogP contribution in [0.15, 0.2) is 29.2 Å². The van der Waals surface area contributed by atoms with Crippen LogP contribution in [0.5, 0.6) is 5.75 Å². The summed E-state index contributed by atoms with van der Waals surface area (Å²) in [5, 5.41) is 0. The number of carbonyl (C=O) groups is 1. The van der Waals surface area contributed by atoms with Crippen molar-refractivity contribution in [3.63, 3.8) is 0 Å². The highest BCUT2D eigenvalue weighted by Crippen LogP contribution is 2.29. The Morgan fingerprint density at radius 1 is 1.11 bits per heavy atom. The number of amides is 1. The van der Waals surface area contributed by atoms with Crippen molar-refractivity contribution in [2.75, 3.05) is 26.7 Å². The van der Waals surface area contributed by atoms with E-state index in [9.17, 15) is 13.2 Å². The van der Waals surface area contributed by atoms with Gasteiger partial charge in [-0.2, -0.15) is 0 Å². The molecular weight excluding hydrogens is 364 g/mol. The molecule has 1 heterocycles. The highest BCUT2D eigenvalue weighted by atomic mass is 32.2. The normalized spacial score (nSPS) is 21.4. The molecular formula is C20H30N2O4S. The van der Waals surface area contributed by atoms with Crippen LogP contribution >= 0.6 is 0 Å². The highest BCUT2D eigenvalue weighted by molar-refractivity contribution is 7.89. The monoisotopic (exact) mass is 394 g/mol. The van der Waals surface area contributed by atoms with Gasteiger partial charge in [-0.25, -0.2) is 13.1 Å². The fourth-order valence-electron chi connectivity index (χ4n) is 4.11. The Kier molecular flexibility index (Phi) is 6.76. The maximum absolute atomic E-state index is 12.6. The lowest BCUT2D eigenvalue weighted by atomic mass is 9.96. The Morgan fingerprint density at radius 2 is 1.78 bits per heavy atom. The van der Waals surface area contributed by atoms with Crippen LogP contribution in [-0.4, -0.2) is 46.0 Å². The fourth-order valence-corrected chi connectivity index (χ4v) is 5.23. The zero-order chi connectivity index (χ0) is 19.3. The molecule has 2 fully saturated rings. The molecule has 2 aliphatic rings. The van der Waals surface area contributed by atoms with Gasteiger partial charge in [0.1, 0.15) is 5.75 Å². The molecule has 6 nitrogen and oxygen atoms in total. The van der Waals surface area contributed by atoms with Crippen LogP contribution in [0.4, 0.5) is 0 Å². The summed E-state index contributed by atoms with van der Waals surface area (Å²) < 4.78 is 32.7. The molecule has 150 valence electrons. The largest absolute Gasteiger partial charge is 0.497 e. The molecule has 0 bridgehead atoms. The maximum Gasteiger partial charge on any atom is 0.240 e. The first-order valence-corrected chi connectivity index (χ1v) is 11.4. The fraction of sp³-hybridized carbons (Fsp3) is 0.650. The van der Waals surface area contributed by atoms with Gasteiger partial charge in [0.15, 0.2) is 0 Å². The topological polar surface area (TPSA) is 75.7 Å². The molecule has 1 atom stereocenters. The predicted octanol–water partition coefficient (Wildman–Crippen LogP) is 2.79. The highest BCUT2D eigenvalue weighted by Gasteiger charge is 2.27. The van der Waals surface area contributed by atoms with Crippen LogP contribution in [0.2, 0.25) is 0 Å². The first-order valence-electron chi connectivity index (χ1n) is 9.89.